The van der Waals surface area contributed by atoms with E-state index in [2.05, 4.69) is 0 Å². The number of ether oxygens (including phenoxy) is 1. The van der Waals surface area contributed by atoms with Gasteiger partial charge in [-0.2, -0.15) is 0 Å². The fraction of sp³-hybridized carbons (Fsp3) is 0.278. The zero-order valence-corrected chi connectivity index (χ0v) is 14.7. The largest absolute Gasteiger partial charge is 0.497 e. The number of β-lactam (4-membered cyclic amide) rings is 1. The topological polar surface area (TPSA) is 83.9 Å². The van der Waals surface area contributed by atoms with Crippen molar-refractivity contribution < 1.29 is 23.1 Å². The SMILES string of the molecule is COc1ccc(N2C(=O)[C@H]([C@@H](C)O)[C@H]2S(=O)(=O)c2ccccc2)cc1. The summed E-state index contributed by atoms with van der Waals surface area (Å²) in [5.41, 5.74) is 0.451. The zero-order chi connectivity index (χ0) is 18.2. The Balaban J connectivity index is 2.04. The molecule has 1 saturated heterocycles. The molecule has 2 aromatic rings. The van der Waals surface area contributed by atoms with E-state index >= 15 is 0 Å². The van der Waals surface area contributed by atoms with Gasteiger partial charge in [-0.15, -0.1) is 0 Å². The molecule has 1 heterocycles. The summed E-state index contributed by atoms with van der Waals surface area (Å²) in [5.74, 6) is -0.803. The minimum Gasteiger partial charge on any atom is -0.497 e. The Hall–Kier alpha value is -2.38. The van der Waals surface area contributed by atoms with Crippen LogP contribution in [0.15, 0.2) is 59.5 Å². The van der Waals surface area contributed by atoms with Crippen molar-refractivity contribution in [3.8, 4) is 5.75 Å². The molecule has 0 spiro atoms. The molecule has 0 saturated carbocycles. The molecule has 0 aromatic heterocycles. The second kappa shape index (κ2) is 6.50. The average Bonchev–Trinajstić information content (AvgIpc) is 2.60. The Bertz CT molecular complexity index is 862. The number of hydrogen-bond acceptors (Lipinski definition) is 5. The first-order valence-electron chi connectivity index (χ1n) is 7.82. The third kappa shape index (κ3) is 2.89. The second-order valence-corrected chi connectivity index (χ2v) is 7.97. The van der Waals surface area contributed by atoms with Crippen LogP contribution in [0.1, 0.15) is 6.92 Å². The highest BCUT2D eigenvalue weighted by atomic mass is 32.2. The molecule has 3 rings (SSSR count). The Kier molecular flexibility index (Phi) is 4.53. The lowest BCUT2D eigenvalue weighted by molar-refractivity contribution is -0.132. The first-order chi connectivity index (χ1) is 11.9. The summed E-state index contributed by atoms with van der Waals surface area (Å²) in [7, 11) is -2.30. The van der Waals surface area contributed by atoms with E-state index in [0.29, 0.717) is 11.4 Å². The molecule has 0 bridgehead atoms. The van der Waals surface area contributed by atoms with Gasteiger partial charge in [0.2, 0.25) is 15.7 Å². The number of aliphatic hydroxyl groups is 1. The van der Waals surface area contributed by atoms with Crippen LogP contribution in [0.4, 0.5) is 5.69 Å². The Morgan fingerprint density at radius 1 is 1.08 bits per heavy atom. The predicted molar refractivity (Wildman–Crippen MR) is 93.1 cm³/mol. The second-order valence-electron chi connectivity index (χ2n) is 5.92. The Labute approximate surface area is 146 Å². The van der Waals surface area contributed by atoms with Crippen molar-refractivity contribution >= 4 is 21.4 Å². The summed E-state index contributed by atoms with van der Waals surface area (Å²) in [5, 5.41) is 8.80. The molecule has 0 unspecified atom stereocenters. The fourth-order valence-corrected chi connectivity index (χ4v) is 5.08. The molecule has 2 aromatic carbocycles. The number of anilines is 1. The van der Waals surface area contributed by atoms with E-state index in [1.54, 1.807) is 42.5 Å². The number of amides is 1. The molecule has 132 valence electrons. The maximum absolute atomic E-state index is 13.1. The van der Waals surface area contributed by atoms with Gasteiger partial charge in [0.25, 0.3) is 0 Å². The molecule has 1 fully saturated rings. The van der Waals surface area contributed by atoms with Crippen LogP contribution in [-0.4, -0.2) is 38.0 Å². The van der Waals surface area contributed by atoms with Crippen molar-refractivity contribution in [2.75, 3.05) is 12.0 Å². The van der Waals surface area contributed by atoms with Crippen LogP contribution < -0.4 is 9.64 Å². The lowest BCUT2D eigenvalue weighted by Crippen LogP contribution is -2.67. The number of carbonyl (C=O) groups excluding carboxylic acids is 1. The normalized spacial score (nSPS) is 21.6. The number of sulfone groups is 1. The predicted octanol–water partition coefficient (Wildman–Crippen LogP) is 1.84. The molecule has 0 aliphatic carbocycles. The molecule has 7 heteroatoms. The zero-order valence-electron chi connectivity index (χ0n) is 13.9. The Morgan fingerprint density at radius 3 is 2.20 bits per heavy atom. The number of nitrogens with zero attached hydrogens (tertiary/aromatic N) is 1. The molecule has 25 heavy (non-hydrogen) atoms. The first kappa shape index (κ1) is 17.4. The van der Waals surface area contributed by atoms with Crippen LogP contribution >= 0.6 is 0 Å². The number of carbonyl (C=O) groups is 1. The summed E-state index contributed by atoms with van der Waals surface area (Å²) in [4.78, 5) is 13.9. The molecular weight excluding hydrogens is 342 g/mol. The van der Waals surface area contributed by atoms with Gasteiger partial charge in [-0.25, -0.2) is 8.42 Å². The van der Waals surface area contributed by atoms with Crippen LogP contribution in [0.5, 0.6) is 5.75 Å². The monoisotopic (exact) mass is 361 g/mol. The standard InChI is InChI=1S/C18H19NO5S/c1-12(20)16-17(21)19(13-8-10-14(24-2)11-9-13)18(16)25(22,23)15-6-4-3-5-7-15/h3-12,16,18,20H,1-2H3/t12-,16+,18-/m1/s1. The highest BCUT2D eigenvalue weighted by Gasteiger charge is 2.57. The van der Waals surface area contributed by atoms with Gasteiger partial charge in [0.1, 0.15) is 5.75 Å². The van der Waals surface area contributed by atoms with E-state index in [-0.39, 0.29) is 4.90 Å². The van der Waals surface area contributed by atoms with E-state index in [1.807, 2.05) is 0 Å². The van der Waals surface area contributed by atoms with E-state index in [0.717, 1.165) is 0 Å². The average molecular weight is 361 g/mol. The molecular formula is C18H19NO5S. The maximum Gasteiger partial charge on any atom is 0.237 e. The highest BCUT2D eigenvalue weighted by Crippen LogP contribution is 2.40. The van der Waals surface area contributed by atoms with Gasteiger partial charge >= 0.3 is 0 Å². The minimum atomic E-state index is -3.83. The highest BCUT2D eigenvalue weighted by molar-refractivity contribution is 7.92. The van der Waals surface area contributed by atoms with Crippen LogP contribution in [0.2, 0.25) is 0 Å². The lowest BCUT2D eigenvalue weighted by atomic mass is 9.92. The minimum absolute atomic E-state index is 0.122. The van der Waals surface area contributed by atoms with Gasteiger partial charge < -0.3 is 9.84 Å². The number of hydrogen-bond donors (Lipinski definition) is 1. The van der Waals surface area contributed by atoms with Crippen LogP contribution in [-0.2, 0) is 14.6 Å². The summed E-state index contributed by atoms with van der Waals surface area (Å²) in [6, 6.07) is 14.5. The first-order valence-corrected chi connectivity index (χ1v) is 9.36. The van der Waals surface area contributed by atoms with Crippen molar-refractivity contribution in [1.29, 1.82) is 0 Å². The van der Waals surface area contributed by atoms with E-state index in [4.69, 9.17) is 4.74 Å². The molecule has 1 N–H and O–H groups in total. The van der Waals surface area contributed by atoms with Gasteiger partial charge in [0, 0.05) is 5.69 Å². The van der Waals surface area contributed by atoms with Gasteiger partial charge in [0.05, 0.1) is 24.0 Å². The summed E-state index contributed by atoms with van der Waals surface area (Å²) in [6.45, 7) is 1.43. The summed E-state index contributed by atoms with van der Waals surface area (Å²) < 4.78 is 31.2. The summed E-state index contributed by atoms with van der Waals surface area (Å²) in [6.07, 6.45) is -1.06. The maximum atomic E-state index is 13.1. The van der Waals surface area contributed by atoms with Crippen molar-refractivity contribution in [2.45, 2.75) is 23.3 Å². The number of benzene rings is 2. The summed E-state index contributed by atoms with van der Waals surface area (Å²) >= 11 is 0. The number of methoxy groups -OCH3 is 1. The van der Waals surface area contributed by atoms with Crippen molar-refractivity contribution in [1.82, 2.24) is 0 Å². The molecule has 1 aliphatic heterocycles. The molecule has 3 atom stereocenters. The third-order valence-electron chi connectivity index (χ3n) is 4.34. The van der Waals surface area contributed by atoms with Gasteiger partial charge in [-0.1, -0.05) is 18.2 Å². The van der Waals surface area contributed by atoms with Gasteiger partial charge in [-0.05, 0) is 43.3 Å². The lowest BCUT2D eigenvalue weighted by Gasteiger charge is -2.47. The number of aliphatic hydroxyl groups excluding tert-OH is 1. The van der Waals surface area contributed by atoms with E-state index < -0.39 is 33.1 Å². The van der Waals surface area contributed by atoms with Gasteiger partial charge in [-0.3, -0.25) is 9.69 Å². The molecule has 1 aliphatic rings. The van der Waals surface area contributed by atoms with E-state index in [9.17, 15) is 18.3 Å². The van der Waals surface area contributed by atoms with Gasteiger partial charge in [0.15, 0.2) is 5.37 Å². The quantitative estimate of drug-likeness (QED) is 0.822. The van der Waals surface area contributed by atoms with Crippen LogP contribution in [0, 0.1) is 5.92 Å². The Morgan fingerprint density at radius 2 is 1.68 bits per heavy atom. The third-order valence-corrected chi connectivity index (χ3v) is 6.41. The van der Waals surface area contributed by atoms with Crippen LogP contribution in [0.25, 0.3) is 0 Å². The van der Waals surface area contributed by atoms with Crippen molar-refractivity contribution in [3.63, 3.8) is 0 Å². The molecule has 0 radical (unpaired) electrons. The smallest absolute Gasteiger partial charge is 0.237 e. The molecule has 6 nitrogen and oxygen atoms in total. The fourth-order valence-electron chi connectivity index (χ4n) is 3.03. The number of rotatable bonds is 5. The van der Waals surface area contributed by atoms with Crippen molar-refractivity contribution in [2.24, 2.45) is 5.92 Å². The molecule has 1 amide bonds. The van der Waals surface area contributed by atoms with Crippen molar-refractivity contribution in [3.05, 3.63) is 54.6 Å². The van der Waals surface area contributed by atoms with Crippen LogP contribution in [0.3, 0.4) is 0 Å². The van der Waals surface area contributed by atoms with E-state index in [1.165, 1.54) is 31.1 Å².